The van der Waals surface area contributed by atoms with Crippen molar-refractivity contribution in [2.45, 2.75) is 46.6 Å². The highest BCUT2D eigenvalue weighted by molar-refractivity contribution is 6.30. The van der Waals surface area contributed by atoms with E-state index in [2.05, 4.69) is 0 Å². The summed E-state index contributed by atoms with van der Waals surface area (Å²) in [6.45, 7) is 7.34. The van der Waals surface area contributed by atoms with Gasteiger partial charge in [0.15, 0.2) is 5.78 Å². The number of fused-ring (bicyclic) bond motifs is 2. The number of aliphatic hydroxyl groups is 1. The van der Waals surface area contributed by atoms with Gasteiger partial charge in [0, 0.05) is 30.3 Å². The predicted molar refractivity (Wildman–Crippen MR) is 124 cm³/mol. The highest BCUT2D eigenvalue weighted by Crippen LogP contribution is 2.35. The molecule has 1 heterocycles. The van der Waals surface area contributed by atoms with Crippen LogP contribution in [0, 0.1) is 11.7 Å². The Hall–Kier alpha value is -2.77. The molecule has 1 aromatic carbocycles. The Morgan fingerprint density at radius 2 is 1.88 bits per heavy atom. The summed E-state index contributed by atoms with van der Waals surface area (Å²) >= 11 is 5.82. The van der Waals surface area contributed by atoms with Gasteiger partial charge in [0.1, 0.15) is 17.2 Å². The van der Waals surface area contributed by atoms with E-state index in [1.807, 2.05) is 27.7 Å². The number of hydrogen-bond acceptors (Lipinski definition) is 4. The van der Waals surface area contributed by atoms with Crippen LogP contribution >= 0.6 is 11.6 Å². The first-order chi connectivity index (χ1) is 15.6. The van der Waals surface area contributed by atoms with Gasteiger partial charge in [-0.15, -0.1) is 0 Å². The van der Waals surface area contributed by atoms with Crippen LogP contribution in [0.3, 0.4) is 0 Å². The molecule has 5 nitrogen and oxygen atoms in total. The fourth-order valence-electron chi connectivity index (χ4n) is 3.69. The topological polar surface area (TPSA) is 77.8 Å². The highest BCUT2D eigenvalue weighted by Gasteiger charge is 2.33. The minimum Gasteiger partial charge on any atom is -0.477 e. The van der Waals surface area contributed by atoms with Gasteiger partial charge >= 0.3 is 5.97 Å². The zero-order valence-electron chi connectivity index (χ0n) is 19.0. The van der Waals surface area contributed by atoms with Crippen LogP contribution in [-0.4, -0.2) is 39.5 Å². The van der Waals surface area contributed by atoms with Crippen molar-refractivity contribution in [3.05, 3.63) is 81.2 Å². The number of nitrogens with zero attached hydrogens (tertiary/aromatic N) is 1. The zero-order chi connectivity index (χ0) is 24.9. The summed E-state index contributed by atoms with van der Waals surface area (Å²) in [4.78, 5) is 26.1. The molecular weight excluding hydrogens is 452 g/mol. The normalized spacial score (nSPS) is 16.8. The monoisotopic (exact) mass is 479 g/mol. The van der Waals surface area contributed by atoms with Gasteiger partial charge in [0.25, 0.3) is 0 Å². The van der Waals surface area contributed by atoms with Crippen LogP contribution in [0.25, 0.3) is 0 Å². The van der Waals surface area contributed by atoms with Crippen molar-refractivity contribution >= 4 is 23.4 Å². The molecule has 0 saturated carbocycles. The second-order valence-electron chi connectivity index (χ2n) is 7.82. The molecule has 2 bridgehead atoms. The van der Waals surface area contributed by atoms with Crippen molar-refractivity contribution in [3.63, 3.8) is 0 Å². The number of carboxylic acid groups (broad SMARTS) is 1. The molecule has 0 fully saturated rings. The van der Waals surface area contributed by atoms with Gasteiger partial charge < -0.3 is 15.1 Å². The number of ketones is 1. The van der Waals surface area contributed by atoms with Crippen LogP contribution in [-0.2, 0) is 16.0 Å². The van der Waals surface area contributed by atoms with E-state index in [-0.39, 0.29) is 47.1 Å². The Kier molecular flexibility index (Phi) is 9.14. The Labute approximate surface area is 197 Å². The number of carbonyl (C=O) groups excluding carboxylic acids is 1. The highest BCUT2D eigenvalue weighted by atomic mass is 35.5. The third kappa shape index (κ3) is 5.78. The van der Waals surface area contributed by atoms with Crippen molar-refractivity contribution in [1.29, 1.82) is 0 Å². The standard InChI is InChI=1S/C23H22ClF2NO4.C2H6/c1-12(2)20(11-28)27-10-17(23(30)31)22(29)15-7-14(19(25)9-16(27)8-15)6-13-4-3-5-18(24)21(13)26;1-2/h3-5,7,9-10,12,20,28H,6,8,11H2,1-2H3,(H,30,31);1-2H3. The first kappa shape index (κ1) is 26.5. The first-order valence-electron chi connectivity index (χ1n) is 10.8. The lowest BCUT2D eigenvalue weighted by Crippen LogP contribution is -2.37. The Morgan fingerprint density at radius 3 is 2.45 bits per heavy atom. The first-order valence-corrected chi connectivity index (χ1v) is 11.1. The van der Waals surface area contributed by atoms with Crippen LogP contribution in [0.4, 0.5) is 8.78 Å². The summed E-state index contributed by atoms with van der Waals surface area (Å²) < 4.78 is 29.5. The van der Waals surface area contributed by atoms with Gasteiger partial charge in [-0.25, -0.2) is 13.6 Å². The maximum atomic E-state index is 15.2. The summed E-state index contributed by atoms with van der Waals surface area (Å²) in [5.74, 6) is -3.64. The van der Waals surface area contributed by atoms with E-state index in [1.165, 1.54) is 35.3 Å². The molecule has 0 amide bonds. The molecule has 1 aromatic rings. The van der Waals surface area contributed by atoms with E-state index < -0.39 is 35.0 Å². The molecule has 0 aromatic heterocycles. The molecule has 0 radical (unpaired) electrons. The van der Waals surface area contributed by atoms with Gasteiger partial charge in [-0.2, -0.15) is 0 Å². The fraction of sp³-hybridized carbons (Fsp3) is 0.360. The third-order valence-corrected chi connectivity index (χ3v) is 5.70. The van der Waals surface area contributed by atoms with Crippen molar-refractivity contribution in [2.75, 3.05) is 6.61 Å². The van der Waals surface area contributed by atoms with Crippen LogP contribution < -0.4 is 0 Å². The second-order valence-corrected chi connectivity index (χ2v) is 8.23. The van der Waals surface area contributed by atoms with Gasteiger partial charge in [0.2, 0.25) is 0 Å². The lowest BCUT2D eigenvalue weighted by molar-refractivity contribution is -0.134. The van der Waals surface area contributed by atoms with Gasteiger partial charge in [-0.3, -0.25) is 4.79 Å². The molecule has 178 valence electrons. The minimum atomic E-state index is -1.42. The summed E-state index contributed by atoms with van der Waals surface area (Å²) in [7, 11) is 0. The Bertz CT molecular complexity index is 1060. The molecule has 1 atom stereocenters. The van der Waals surface area contributed by atoms with E-state index in [0.717, 1.165) is 6.20 Å². The number of aliphatic hydroxyl groups excluding tert-OH is 1. The number of rotatable bonds is 6. The van der Waals surface area contributed by atoms with Crippen molar-refractivity contribution in [3.8, 4) is 0 Å². The maximum Gasteiger partial charge on any atom is 0.341 e. The molecule has 0 spiro atoms. The molecule has 8 heteroatoms. The van der Waals surface area contributed by atoms with Gasteiger partial charge in [-0.1, -0.05) is 51.4 Å². The molecule has 1 unspecified atom stereocenters. The van der Waals surface area contributed by atoms with Crippen molar-refractivity contribution < 1.29 is 28.6 Å². The number of carbonyl (C=O) groups is 2. The molecule has 2 N–H and O–H groups in total. The number of Topliss-reactive ketones (excluding diaryl/α,β-unsaturated/α-hetero) is 1. The molecule has 1 aliphatic carbocycles. The molecule has 1 aliphatic heterocycles. The third-order valence-electron chi connectivity index (χ3n) is 5.41. The summed E-state index contributed by atoms with van der Waals surface area (Å²) in [5, 5.41) is 19.3. The van der Waals surface area contributed by atoms with Crippen LogP contribution in [0.5, 0.6) is 0 Å². The number of allylic oxidation sites excluding steroid dienone is 5. The lowest BCUT2D eigenvalue weighted by Gasteiger charge is -2.33. The quantitative estimate of drug-likeness (QED) is 0.537. The zero-order valence-corrected chi connectivity index (χ0v) is 19.8. The van der Waals surface area contributed by atoms with E-state index in [0.29, 0.717) is 5.70 Å². The van der Waals surface area contributed by atoms with E-state index in [9.17, 15) is 24.2 Å². The minimum absolute atomic E-state index is 0.0235. The predicted octanol–water partition coefficient (Wildman–Crippen LogP) is 5.36. The summed E-state index contributed by atoms with van der Waals surface area (Å²) in [6.07, 6.45) is 3.46. The lowest BCUT2D eigenvalue weighted by atomic mass is 9.97. The van der Waals surface area contributed by atoms with E-state index in [1.54, 1.807) is 0 Å². The molecular formula is C25H28ClF2NO4. The smallest absolute Gasteiger partial charge is 0.341 e. The summed E-state index contributed by atoms with van der Waals surface area (Å²) in [5.41, 5.74) is 0.118. The maximum absolute atomic E-state index is 15.2. The van der Waals surface area contributed by atoms with Crippen molar-refractivity contribution in [2.24, 2.45) is 5.92 Å². The van der Waals surface area contributed by atoms with Gasteiger partial charge in [0.05, 0.1) is 17.7 Å². The van der Waals surface area contributed by atoms with Crippen molar-refractivity contribution in [1.82, 2.24) is 4.90 Å². The molecule has 2 aliphatic rings. The number of halogens is 3. The molecule has 0 saturated heterocycles. The van der Waals surface area contributed by atoms with Crippen LogP contribution in [0.15, 0.2) is 64.8 Å². The second kappa shape index (κ2) is 11.4. The van der Waals surface area contributed by atoms with E-state index >= 15 is 4.39 Å². The Morgan fingerprint density at radius 1 is 1.21 bits per heavy atom. The van der Waals surface area contributed by atoms with Gasteiger partial charge in [-0.05, 0) is 35.3 Å². The summed E-state index contributed by atoms with van der Waals surface area (Å²) in [6, 6.07) is 3.82. The SMILES string of the molecule is CC.CC(C)C(CO)N1C=C(C(=O)O)C(=O)C2=CC(Cc3cccc(Cl)c3F)=C(F)C=C1C2. The van der Waals surface area contributed by atoms with Crippen LogP contribution in [0.2, 0.25) is 5.02 Å². The molecule has 33 heavy (non-hydrogen) atoms. The number of benzene rings is 1. The number of carboxylic acids is 1. The van der Waals surface area contributed by atoms with Crippen LogP contribution in [0.1, 0.15) is 39.7 Å². The number of aliphatic carboxylic acids is 1. The average molecular weight is 480 g/mol. The number of hydrogen-bond donors (Lipinski definition) is 2. The molecule has 3 rings (SSSR count). The Balaban J connectivity index is 0.00000187. The fourth-order valence-corrected chi connectivity index (χ4v) is 3.88. The average Bonchev–Trinajstić information content (AvgIpc) is 3.01. The van der Waals surface area contributed by atoms with E-state index in [4.69, 9.17) is 11.6 Å². The largest absolute Gasteiger partial charge is 0.477 e.